The Morgan fingerprint density at radius 3 is 2.71 bits per heavy atom. The van der Waals surface area contributed by atoms with Gasteiger partial charge in [0.05, 0.1) is 0 Å². The third-order valence-electron chi connectivity index (χ3n) is 3.27. The molecule has 1 heterocycles. The number of carbonyl (C=O) groups is 1. The number of sulfonamides is 1. The Hall–Kier alpha value is -1.74. The van der Waals surface area contributed by atoms with Gasteiger partial charge in [-0.15, -0.1) is 0 Å². The summed E-state index contributed by atoms with van der Waals surface area (Å²) in [4.78, 5) is 10.3. The van der Waals surface area contributed by atoms with Gasteiger partial charge in [-0.1, -0.05) is 0 Å². The minimum absolute atomic E-state index is 0.0403. The average Bonchev–Trinajstić information content (AvgIpc) is 2.84. The summed E-state index contributed by atoms with van der Waals surface area (Å²) in [7, 11) is -4.12. The van der Waals surface area contributed by atoms with Gasteiger partial charge in [-0.3, -0.25) is 4.79 Å². The molecule has 0 bridgehead atoms. The highest BCUT2D eigenvalue weighted by Gasteiger charge is 2.35. The molecule has 2 rings (SSSR count). The third kappa shape index (κ3) is 2.98. The Morgan fingerprint density at radius 2 is 2.10 bits per heavy atom. The molecule has 1 aliphatic rings. The Balaban J connectivity index is 2.28. The normalized spacial score (nSPS) is 19.7. The first-order chi connectivity index (χ1) is 9.73. The van der Waals surface area contributed by atoms with Crippen molar-refractivity contribution in [2.24, 2.45) is 0 Å². The first-order valence-corrected chi connectivity index (χ1v) is 7.68. The van der Waals surface area contributed by atoms with Crippen LogP contribution in [0, 0.1) is 11.6 Å². The molecule has 9 heteroatoms. The second-order valence-corrected chi connectivity index (χ2v) is 6.73. The maximum absolute atomic E-state index is 13.9. The Kier molecular flexibility index (Phi) is 4.15. The van der Waals surface area contributed by atoms with Gasteiger partial charge in [0.25, 0.3) is 0 Å². The van der Waals surface area contributed by atoms with Crippen molar-refractivity contribution in [1.29, 1.82) is 0 Å². The molecule has 1 aromatic rings. The largest absolute Gasteiger partial charge is 0.394 e. The van der Waals surface area contributed by atoms with E-state index in [0.717, 1.165) is 16.4 Å². The Bertz CT molecular complexity index is 679. The summed E-state index contributed by atoms with van der Waals surface area (Å²) in [6.45, 7) is 1.51. The number of hydrogen-bond acceptors (Lipinski definition) is 4. The molecule has 1 atom stereocenters. The van der Waals surface area contributed by atoms with Gasteiger partial charge in [0.1, 0.15) is 16.4 Å². The van der Waals surface area contributed by atoms with E-state index in [1.165, 1.54) is 6.92 Å². The highest BCUT2D eigenvalue weighted by molar-refractivity contribution is 7.89. The van der Waals surface area contributed by atoms with Crippen LogP contribution >= 0.6 is 0 Å². The van der Waals surface area contributed by atoms with Gasteiger partial charge in [-0.2, -0.15) is 4.31 Å². The zero-order valence-corrected chi connectivity index (χ0v) is 12.1. The molecule has 1 aromatic carbocycles. The lowest BCUT2D eigenvalue weighted by Crippen LogP contribution is -2.37. The zero-order valence-electron chi connectivity index (χ0n) is 11.3. The summed E-state index contributed by atoms with van der Waals surface area (Å²) >= 11 is 0. The maximum Gasteiger partial charge on any atom is 0.246 e. The highest BCUT2D eigenvalue weighted by atomic mass is 32.2. The molecule has 0 aromatic heterocycles. The number of anilines is 1. The van der Waals surface area contributed by atoms with Gasteiger partial charge < -0.3 is 11.1 Å². The molecule has 3 N–H and O–H groups in total. The minimum atomic E-state index is -4.12. The molecule has 0 saturated carbocycles. The summed E-state index contributed by atoms with van der Waals surface area (Å²) < 4.78 is 52.7. The number of hydrogen-bond donors (Lipinski definition) is 2. The number of nitrogen functional groups attached to an aromatic ring is 1. The van der Waals surface area contributed by atoms with Crippen molar-refractivity contribution in [3.05, 3.63) is 23.8 Å². The second-order valence-electron chi connectivity index (χ2n) is 4.82. The van der Waals surface area contributed by atoms with E-state index in [4.69, 9.17) is 5.73 Å². The van der Waals surface area contributed by atoms with Crippen LogP contribution in [0.25, 0.3) is 0 Å². The van der Waals surface area contributed by atoms with Crippen LogP contribution in [0.3, 0.4) is 0 Å². The van der Waals surface area contributed by atoms with E-state index in [-0.39, 0.29) is 25.0 Å². The predicted molar refractivity (Wildman–Crippen MR) is 71.8 cm³/mol. The molecule has 0 radical (unpaired) electrons. The fourth-order valence-corrected chi connectivity index (χ4v) is 3.82. The topological polar surface area (TPSA) is 92.5 Å². The van der Waals surface area contributed by atoms with Crippen molar-refractivity contribution < 1.29 is 22.0 Å². The van der Waals surface area contributed by atoms with Crippen LogP contribution in [-0.2, 0) is 14.8 Å². The lowest BCUT2D eigenvalue weighted by atomic mass is 10.3. The fraction of sp³-hybridized carbons (Fsp3) is 0.417. The van der Waals surface area contributed by atoms with E-state index in [0.29, 0.717) is 6.42 Å². The summed E-state index contributed by atoms with van der Waals surface area (Å²) in [5.74, 6) is -2.57. The van der Waals surface area contributed by atoms with Gasteiger partial charge in [0, 0.05) is 26.1 Å². The quantitative estimate of drug-likeness (QED) is 0.791. The van der Waals surface area contributed by atoms with Gasteiger partial charge in [-0.25, -0.2) is 17.2 Å². The van der Waals surface area contributed by atoms with Crippen LogP contribution in [0.2, 0.25) is 0 Å². The van der Waals surface area contributed by atoms with Crippen LogP contribution in [0.15, 0.2) is 17.0 Å². The summed E-state index contributed by atoms with van der Waals surface area (Å²) in [6, 6.07) is 1.34. The van der Waals surface area contributed by atoms with E-state index >= 15 is 0 Å². The van der Waals surface area contributed by atoms with Crippen LogP contribution in [-0.4, -0.2) is 37.8 Å². The lowest BCUT2D eigenvalue weighted by Gasteiger charge is -2.17. The first kappa shape index (κ1) is 15.6. The molecule has 0 aliphatic carbocycles. The van der Waals surface area contributed by atoms with Gasteiger partial charge in [0.15, 0.2) is 5.82 Å². The number of nitrogens with one attached hydrogen (secondary N) is 1. The number of benzene rings is 1. The van der Waals surface area contributed by atoms with E-state index in [2.05, 4.69) is 5.32 Å². The van der Waals surface area contributed by atoms with E-state index < -0.39 is 32.2 Å². The van der Waals surface area contributed by atoms with Gasteiger partial charge in [-0.05, 0) is 18.6 Å². The van der Waals surface area contributed by atoms with Crippen molar-refractivity contribution in [1.82, 2.24) is 9.62 Å². The molecule has 6 nitrogen and oxygen atoms in total. The average molecular weight is 319 g/mol. The summed E-state index contributed by atoms with van der Waals surface area (Å²) in [5, 5.41) is 2.61. The Labute approximate surface area is 121 Å². The molecule has 1 amide bonds. The molecular weight excluding hydrogens is 304 g/mol. The van der Waals surface area contributed by atoms with Crippen molar-refractivity contribution in [3.63, 3.8) is 0 Å². The molecule has 116 valence electrons. The number of rotatable bonds is 3. The molecule has 1 fully saturated rings. The van der Waals surface area contributed by atoms with E-state index in [9.17, 15) is 22.0 Å². The zero-order chi connectivity index (χ0) is 15.8. The lowest BCUT2D eigenvalue weighted by molar-refractivity contribution is -0.119. The van der Waals surface area contributed by atoms with Crippen LogP contribution in [0.4, 0.5) is 14.5 Å². The molecule has 1 unspecified atom stereocenters. The SMILES string of the molecule is CC(=O)NC1CCN(S(=O)(=O)c2ccc(F)c(N)c2F)C1. The standard InChI is InChI=1S/C12H15F2N3O3S/c1-7(18)16-8-4-5-17(6-8)21(19,20)10-3-2-9(13)12(15)11(10)14/h2-3,8H,4-6,15H2,1H3,(H,16,18). The fourth-order valence-electron chi connectivity index (χ4n) is 2.24. The van der Waals surface area contributed by atoms with Crippen LogP contribution in [0.1, 0.15) is 13.3 Å². The van der Waals surface area contributed by atoms with Crippen LogP contribution in [0.5, 0.6) is 0 Å². The van der Waals surface area contributed by atoms with Crippen molar-refractivity contribution >= 4 is 21.6 Å². The summed E-state index contributed by atoms with van der Waals surface area (Å²) in [6.07, 6.45) is 0.428. The van der Waals surface area contributed by atoms with Crippen molar-refractivity contribution in [2.75, 3.05) is 18.8 Å². The minimum Gasteiger partial charge on any atom is -0.394 e. The molecule has 0 spiro atoms. The van der Waals surface area contributed by atoms with Gasteiger partial charge in [0.2, 0.25) is 15.9 Å². The number of halogens is 2. The summed E-state index contributed by atoms with van der Waals surface area (Å²) in [5.41, 5.74) is 4.36. The molecule has 1 aliphatic heterocycles. The third-order valence-corrected chi connectivity index (χ3v) is 5.15. The monoisotopic (exact) mass is 319 g/mol. The van der Waals surface area contributed by atoms with Crippen molar-refractivity contribution in [2.45, 2.75) is 24.3 Å². The van der Waals surface area contributed by atoms with Crippen molar-refractivity contribution in [3.8, 4) is 0 Å². The number of amides is 1. The number of carbonyl (C=O) groups excluding carboxylic acids is 1. The molecule has 21 heavy (non-hydrogen) atoms. The predicted octanol–water partition coefficient (Wildman–Crippen LogP) is 0.446. The highest BCUT2D eigenvalue weighted by Crippen LogP contribution is 2.27. The maximum atomic E-state index is 13.9. The van der Waals surface area contributed by atoms with E-state index in [1.807, 2.05) is 0 Å². The molecular formula is C12H15F2N3O3S. The molecule has 1 saturated heterocycles. The second kappa shape index (κ2) is 5.57. The first-order valence-electron chi connectivity index (χ1n) is 6.24. The van der Waals surface area contributed by atoms with Gasteiger partial charge >= 0.3 is 0 Å². The smallest absolute Gasteiger partial charge is 0.246 e. The Morgan fingerprint density at radius 1 is 1.43 bits per heavy atom. The number of nitrogens with zero attached hydrogens (tertiary/aromatic N) is 1. The van der Waals surface area contributed by atoms with Crippen LogP contribution < -0.4 is 11.1 Å². The number of nitrogens with two attached hydrogens (primary N) is 1. The van der Waals surface area contributed by atoms with E-state index in [1.54, 1.807) is 0 Å².